The number of para-hydroxylation sites is 1. The fourth-order valence-electron chi connectivity index (χ4n) is 3.14. The van der Waals surface area contributed by atoms with Crippen molar-refractivity contribution in [2.45, 2.75) is 32.4 Å². The first-order chi connectivity index (χ1) is 9.88. The van der Waals surface area contributed by atoms with Gasteiger partial charge in [-0.15, -0.1) is 0 Å². The molecule has 1 aliphatic rings. The molecule has 0 bridgehead atoms. The van der Waals surface area contributed by atoms with Crippen LogP contribution in [0, 0.1) is 0 Å². The largest absolute Gasteiger partial charge is 0.315 e. The lowest BCUT2D eigenvalue weighted by Crippen LogP contribution is -2.37. The Morgan fingerprint density at radius 1 is 1.30 bits per heavy atom. The van der Waals surface area contributed by atoms with Crippen LogP contribution in [0.25, 0.3) is 10.9 Å². The highest BCUT2D eigenvalue weighted by Gasteiger charge is 2.22. The number of fused-ring (bicyclic) bond motifs is 1. The van der Waals surface area contributed by atoms with Gasteiger partial charge in [0.2, 0.25) is 0 Å². The molecule has 1 fully saturated rings. The Bertz CT molecular complexity index is 556. The number of nitrogens with zero attached hydrogens (tertiary/aromatic N) is 2. The van der Waals surface area contributed by atoms with Gasteiger partial charge in [0.15, 0.2) is 0 Å². The van der Waals surface area contributed by atoms with Gasteiger partial charge in [0.05, 0.1) is 5.52 Å². The zero-order valence-corrected chi connectivity index (χ0v) is 12.2. The first-order valence-electron chi connectivity index (χ1n) is 7.66. The van der Waals surface area contributed by atoms with Crippen molar-refractivity contribution >= 4 is 10.9 Å². The topological polar surface area (TPSA) is 28.2 Å². The van der Waals surface area contributed by atoms with Crippen LogP contribution in [0.3, 0.4) is 0 Å². The Labute approximate surface area is 121 Å². The quantitative estimate of drug-likeness (QED) is 0.904. The lowest BCUT2D eigenvalue weighted by Gasteiger charge is -2.28. The minimum absolute atomic E-state index is 0.675. The predicted molar refractivity (Wildman–Crippen MR) is 83.7 cm³/mol. The molecular weight excluding hydrogens is 246 g/mol. The molecule has 0 saturated carbocycles. The van der Waals surface area contributed by atoms with Gasteiger partial charge in [-0.05, 0) is 37.6 Å². The van der Waals surface area contributed by atoms with Crippen LogP contribution in [-0.4, -0.2) is 35.6 Å². The van der Waals surface area contributed by atoms with E-state index in [9.17, 15) is 0 Å². The molecule has 1 N–H and O–H groups in total. The maximum absolute atomic E-state index is 4.58. The Hall–Kier alpha value is -1.45. The van der Waals surface area contributed by atoms with Crippen LogP contribution in [0.1, 0.15) is 25.3 Å². The SMILES string of the molecule is CCCN(Cc1cccc2cccnc12)C1CCNC1. The third-order valence-electron chi connectivity index (χ3n) is 4.15. The molecule has 1 atom stereocenters. The van der Waals surface area contributed by atoms with Gasteiger partial charge in [-0.3, -0.25) is 9.88 Å². The number of aromatic nitrogens is 1. The molecule has 1 aromatic carbocycles. The number of nitrogens with one attached hydrogen (secondary N) is 1. The van der Waals surface area contributed by atoms with Gasteiger partial charge in [0.25, 0.3) is 0 Å². The van der Waals surface area contributed by atoms with Crippen molar-refractivity contribution in [3.63, 3.8) is 0 Å². The monoisotopic (exact) mass is 269 g/mol. The van der Waals surface area contributed by atoms with E-state index < -0.39 is 0 Å². The van der Waals surface area contributed by atoms with Gasteiger partial charge in [0, 0.05) is 30.7 Å². The molecule has 3 nitrogen and oxygen atoms in total. The fraction of sp³-hybridized carbons (Fsp3) is 0.471. The second-order valence-electron chi connectivity index (χ2n) is 5.61. The van der Waals surface area contributed by atoms with Crippen molar-refractivity contribution in [3.05, 3.63) is 42.1 Å². The van der Waals surface area contributed by atoms with E-state index in [1.807, 2.05) is 12.3 Å². The van der Waals surface area contributed by atoms with Crippen LogP contribution in [0.15, 0.2) is 36.5 Å². The summed E-state index contributed by atoms with van der Waals surface area (Å²) in [6.07, 6.45) is 4.36. The summed E-state index contributed by atoms with van der Waals surface area (Å²) in [6.45, 7) is 6.71. The van der Waals surface area contributed by atoms with Crippen molar-refractivity contribution in [2.24, 2.45) is 0 Å². The molecule has 1 unspecified atom stereocenters. The van der Waals surface area contributed by atoms with Crippen LogP contribution in [0.5, 0.6) is 0 Å². The summed E-state index contributed by atoms with van der Waals surface area (Å²) in [5.74, 6) is 0. The Morgan fingerprint density at radius 2 is 2.20 bits per heavy atom. The molecule has 106 valence electrons. The molecular formula is C17H23N3. The van der Waals surface area contributed by atoms with E-state index in [1.54, 1.807) is 0 Å². The summed E-state index contributed by atoms with van der Waals surface area (Å²) in [7, 11) is 0. The lowest BCUT2D eigenvalue weighted by atomic mass is 10.1. The van der Waals surface area contributed by atoms with Crippen LogP contribution in [0.2, 0.25) is 0 Å². The van der Waals surface area contributed by atoms with E-state index in [1.165, 1.54) is 23.8 Å². The lowest BCUT2D eigenvalue weighted by molar-refractivity contribution is 0.200. The van der Waals surface area contributed by atoms with Crippen molar-refractivity contribution in [2.75, 3.05) is 19.6 Å². The molecule has 0 aliphatic carbocycles. The average Bonchev–Trinajstić information content (AvgIpc) is 3.01. The van der Waals surface area contributed by atoms with E-state index in [4.69, 9.17) is 0 Å². The third-order valence-corrected chi connectivity index (χ3v) is 4.15. The number of rotatable bonds is 5. The molecule has 1 aliphatic heterocycles. The summed E-state index contributed by atoms with van der Waals surface area (Å²) >= 11 is 0. The van der Waals surface area contributed by atoms with Gasteiger partial charge < -0.3 is 5.32 Å². The smallest absolute Gasteiger partial charge is 0.0746 e. The van der Waals surface area contributed by atoms with Crippen LogP contribution >= 0.6 is 0 Å². The second-order valence-corrected chi connectivity index (χ2v) is 5.61. The summed E-state index contributed by atoms with van der Waals surface area (Å²) < 4.78 is 0. The molecule has 0 spiro atoms. The first-order valence-corrected chi connectivity index (χ1v) is 7.66. The number of pyridine rings is 1. The van der Waals surface area contributed by atoms with Gasteiger partial charge in [-0.25, -0.2) is 0 Å². The summed E-state index contributed by atoms with van der Waals surface area (Å²) in [5.41, 5.74) is 2.51. The molecule has 0 amide bonds. The van der Waals surface area contributed by atoms with Crippen molar-refractivity contribution in [1.29, 1.82) is 0 Å². The molecule has 3 rings (SSSR count). The Kier molecular flexibility index (Phi) is 4.28. The Balaban J connectivity index is 1.86. The van der Waals surface area contributed by atoms with Crippen LogP contribution in [-0.2, 0) is 6.54 Å². The molecule has 1 aromatic heterocycles. The summed E-state index contributed by atoms with van der Waals surface area (Å²) in [5, 5.41) is 4.72. The van der Waals surface area contributed by atoms with E-state index in [0.29, 0.717) is 6.04 Å². The van der Waals surface area contributed by atoms with E-state index in [0.717, 1.165) is 31.7 Å². The second kappa shape index (κ2) is 6.33. The van der Waals surface area contributed by atoms with E-state index >= 15 is 0 Å². The zero-order valence-electron chi connectivity index (χ0n) is 12.2. The molecule has 2 heterocycles. The fourth-order valence-corrected chi connectivity index (χ4v) is 3.14. The third kappa shape index (κ3) is 2.84. The Morgan fingerprint density at radius 3 is 3.00 bits per heavy atom. The zero-order chi connectivity index (χ0) is 13.8. The molecule has 20 heavy (non-hydrogen) atoms. The molecule has 3 heteroatoms. The maximum Gasteiger partial charge on any atom is 0.0746 e. The number of hydrogen-bond acceptors (Lipinski definition) is 3. The maximum atomic E-state index is 4.58. The van der Waals surface area contributed by atoms with Gasteiger partial charge in [0.1, 0.15) is 0 Å². The van der Waals surface area contributed by atoms with E-state index in [2.05, 4.69) is 46.4 Å². The number of benzene rings is 1. The van der Waals surface area contributed by atoms with Crippen molar-refractivity contribution in [1.82, 2.24) is 15.2 Å². The van der Waals surface area contributed by atoms with Crippen LogP contribution < -0.4 is 5.32 Å². The van der Waals surface area contributed by atoms with Gasteiger partial charge in [-0.2, -0.15) is 0 Å². The predicted octanol–water partition coefficient (Wildman–Crippen LogP) is 2.81. The first kappa shape index (κ1) is 13.5. The van der Waals surface area contributed by atoms with Gasteiger partial charge in [-0.1, -0.05) is 31.2 Å². The minimum atomic E-state index is 0.675. The van der Waals surface area contributed by atoms with Crippen molar-refractivity contribution < 1.29 is 0 Å². The highest BCUT2D eigenvalue weighted by Crippen LogP contribution is 2.20. The summed E-state index contributed by atoms with van der Waals surface area (Å²) in [6, 6.07) is 11.3. The van der Waals surface area contributed by atoms with Gasteiger partial charge >= 0.3 is 0 Å². The highest BCUT2D eigenvalue weighted by molar-refractivity contribution is 5.81. The normalized spacial score (nSPS) is 19.0. The standard InChI is InChI=1S/C17H23N3/c1-2-11-20(16-8-10-18-12-16)13-15-6-3-5-14-7-4-9-19-17(14)15/h3-7,9,16,18H,2,8,10-13H2,1H3. The van der Waals surface area contributed by atoms with Crippen LogP contribution in [0.4, 0.5) is 0 Å². The van der Waals surface area contributed by atoms with E-state index in [-0.39, 0.29) is 0 Å². The minimum Gasteiger partial charge on any atom is -0.315 e. The number of hydrogen-bond donors (Lipinski definition) is 1. The summed E-state index contributed by atoms with van der Waals surface area (Å²) in [4.78, 5) is 7.19. The average molecular weight is 269 g/mol. The molecule has 0 radical (unpaired) electrons. The van der Waals surface area contributed by atoms with Crippen molar-refractivity contribution in [3.8, 4) is 0 Å². The highest BCUT2D eigenvalue weighted by atomic mass is 15.2. The molecule has 1 saturated heterocycles. The molecule has 2 aromatic rings.